The molecule has 0 atom stereocenters. The Balaban J connectivity index is 0. The van der Waals surface area contributed by atoms with E-state index in [4.69, 9.17) is 26.2 Å². The van der Waals surface area contributed by atoms with E-state index in [0.717, 1.165) is 0 Å². The zero-order valence-corrected chi connectivity index (χ0v) is 7.80. The zero-order chi connectivity index (χ0) is 12.3. The number of guanidine groups is 1. The van der Waals surface area contributed by atoms with Crippen molar-refractivity contribution in [3.63, 3.8) is 0 Å². The maximum absolute atomic E-state index is 10.5. The molecule has 0 bridgehead atoms. The first-order valence-corrected chi connectivity index (χ1v) is 3.76. The first kappa shape index (κ1) is 15.3. The second-order valence-electron chi connectivity index (χ2n) is 2.22. The number of nitrogens with zero attached hydrogens (tertiary/aromatic N) is 1. The molecule has 0 radical (unpaired) electrons. The summed E-state index contributed by atoms with van der Waals surface area (Å²) in [6.45, 7) is 0.279. The Hall–Kier alpha value is -2.21. The molecule has 0 saturated heterocycles. The molecule has 0 spiro atoms. The molecule has 0 rings (SSSR count). The van der Waals surface area contributed by atoms with Crippen LogP contribution in [0.5, 0.6) is 0 Å². The van der Waals surface area contributed by atoms with Crippen molar-refractivity contribution < 1.29 is 24.3 Å². The van der Waals surface area contributed by atoms with Gasteiger partial charge in [0.1, 0.15) is 0 Å². The van der Waals surface area contributed by atoms with Crippen molar-refractivity contribution in [1.82, 2.24) is 0 Å². The summed E-state index contributed by atoms with van der Waals surface area (Å²) in [5.41, 5.74) is 9.99. The average Bonchev–Trinajstić information content (AvgIpc) is 2.12. The minimum atomic E-state index is -1.42. The third-order valence-electron chi connectivity index (χ3n) is 1.09. The van der Waals surface area contributed by atoms with Gasteiger partial charge in [0, 0.05) is 13.0 Å². The van der Waals surface area contributed by atoms with Gasteiger partial charge in [-0.15, -0.1) is 0 Å². The Morgan fingerprint density at radius 2 is 1.73 bits per heavy atom. The van der Waals surface area contributed by atoms with E-state index >= 15 is 0 Å². The van der Waals surface area contributed by atoms with Gasteiger partial charge in [-0.2, -0.15) is 9.59 Å². The Morgan fingerprint density at radius 3 is 2.07 bits per heavy atom. The van der Waals surface area contributed by atoms with Gasteiger partial charge in [-0.05, 0) is 6.42 Å². The average molecular weight is 217 g/mol. The lowest BCUT2D eigenvalue weighted by molar-refractivity contribution is -0.191. The number of aliphatic carboxylic acids is 1. The summed E-state index contributed by atoms with van der Waals surface area (Å²) in [6.07, 6.45) is 0.565. The van der Waals surface area contributed by atoms with Crippen LogP contribution in [0.1, 0.15) is 12.8 Å². The summed E-state index contributed by atoms with van der Waals surface area (Å²) in [7, 11) is 0. The summed E-state index contributed by atoms with van der Waals surface area (Å²) in [4.78, 5) is 40.3. The number of hydrogen-bond donors (Lipinski definition) is 3. The lowest BCUT2D eigenvalue weighted by Gasteiger charge is -1.93. The van der Waals surface area contributed by atoms with Crippen LogP contribution in [0.2, 0.25) is 0 Å². The number of nitrogens with two attached hydrogens (primary N) is 2. The first-order chi connectivity index (χ1) is 6.95. The lowest BCUT2D eigenvalue weighted by Crippen LogP contribution is -2.23. The number of carbonyl (C=O) groups is 2. The fourth-order valence-electron chi connectivity index (χ4n) is 0.555. The third kappa shape index (κ3) is 14.6. The van der Waals surface area contributed by atoms with Gasteiger partial charge in [0.15, 0.2) is 5.96 Å². The molecule has 0 aliphatic carbocycles. The number of hydrogen-bond acceptors (Lipinski definition) is 5. The van der Waals surface area contributed by atoms with Crippen LogP contribution in [-0.4, -0.2) is 35.5 Å². The molecule has 84 valence electrons. The number of carboxylic acid groups (broad SMARTS) is 1. The lowest BCUT2D eigenvalue weighted by atomic mass is 10.2. The van der Waals surface area contributed by atoms with Crippen LogP contribution >= 0.6 is 0 Å². The number of carbonyl (C=O) groups excluding carboxylic acids is 3. The summed E-state index contributed by atoms with van der Waals surface area (Å²) in [6, 6.07) is 0. The number of rotatable bonds is 5. The van der Waals surface area contributed by atoms with Crippen LogP contribution in [0.3, 0.4) is 0 Å². The highest BCUT2D eigenvalue weighted by molar-refractivity contribution is 6.32. The van der Waals surface area contributed by atoms with E-state index in [1.165, 1.54) is 0 Å². The maximum atomic E-state index is 10.5. The van der Waals surface area contributed by atoms with E-state index in [1.54, 1.807) is 0 Å². The van der Waals surface area contributed by atoms with E-state index in [1.807, 2.05) is 0 Å². The standard InChI is InChI=1S/C6H11N3O3.CO2/c7-6(8)9-3-1-2-4(10)5(11)12;2-1-3/h1-3H2,(H,11,12)(H4,7,8,9);. The van der Waals surface area contributed by atoms with Crippen molar-refractivity contribution in [1.29, 1.82) is 0 Å². The fourth-order valence-corrected chi connectivity index (χ4v) is 0.555. The summed E-state index contributed by atoms with van der Waals surface area (Å²) in [5.74, 6) is -2.29. The summed E-state index contributed by atoms with van der Waals surface area (Å²) < 4.78 is 0. The molecule has 0 aromatic carbocycles. The molecule has 0 aliphatic rings. The summed E-state index contributed by atoms with van der Waals surface area (Å²) in [5, 5.41) is 8.16. The molecule has 15 heavy (non-hydrogen) atoms. The van der Waals surface area contributed by atoms with Crippen LogP contribution in [0.4, 0.5) is 0 Å². The van der Waals surface area contributed by atoms with E-state index in [0.29, 0.717) is 6.42 Å². The molecule has 0 aliphatic heterocycles. The van der Waals surface area contributed by atoms with Gasteiger partial charge in [0.05, 0.1) is 0 Å². The Bertz CT molecular complexity index is 276. The van der Waals surface area contributed by atoms with Crippen molar-refractivity contribution in [2.24, 2.45) is 16.5 Å². The highest BCUT2D eigenvalue weighted by Crippen LogP contribution is 1.91. The number of aliphatic imine (C=N–C) groups is 1. The predicted octanol–water partition coefficient (Wildman–Crippen LogP) is -1.89. The van der Waals surface area contributed by atoms with Gasteiger partial charge >= 0.3 is 12.1 Å². The van der Waals surface area contributed by atoms with Gasteiger partial charge in [-0.1, -0.05) is 0 Å². The third-order valence-corrected chi connectivity index (χ3v) is 1.09. The number of Topliss-reactive ketones (excluding diaryl/α,β-unsaturated/α-hetero) is 1. The minimum absolute atomic E-state index is 0.0356. The Kier molecular flexibility index (Phi) is 10.1. The van der Waals surface area contributed by atoms with E-state index < -0.39 is 11.8 Å². The Labute approximate surface area is 85.0 Å². The first-order valence-electron chi connectivity index (χ1n) is 3.76. The molecule has 5 N–H and O–H groups in total. The largest absolute Gasteiger partial charge is 0.476 e. The highest BCUT2D eigenvalue weighted by atomic mass is 16.4. The van der Waals surface area contributed by atoms with Gasteiger partial charge in [-0.25, -0.2) is 4.79 Å². The number of carboxylic acids is 1. The van der Waals surface area contributed by atoms with Crippen LogP contribution in [-0.2, 0) is 19.2 Å². The second-order valence-corrected chi connectivity index (χ2v) is 2.22. The van der Waals surface area contributed by atoms with E-state index in [2.05, 4.69) is 4.99 Å². The van der Waals surface area contributed by atoms with Crippen molar-refractivity contribution >= 4 is 23.9 Å². The van der Waals surface area contributed by atoms with Gasteiger partial charge in [-0.3, -0.25) is 9.79 Å². The molecular formula is C7H11N3O5. The monoisotopic (exact) mass is 217 g/mol. The van der Waals surface area contributed by atoms with Crippen molar-refractivity contribution in [3.8, 4) is 0 Å². The van der Waals surface area contributed by atoms with Gasteiger partial charge in [0.25, 0.3) is 0 Å². The molecule has 0 amide bonds. The maximum Gasteiger partial charge on any atom is 0.373 e. The molecule has 0 aromatic heterocycles. The number of ketones is 1. The molecule has 8 heteroatoms. The van der Waals surface area contributed by atoms with Crippen LogP contribution in [0.15, 0.2) is 4.99 Å². The van der Waals surface area contributed by atoms with Crippen molar-refractivity contribution in [2.75, 3.05) is 6.54 Å². The van der Waals surface area contributed by atoms with Crippen molar-refractivity contribution in [2.45, 2.75) is 12.8 Å². The SMILES string of the molecule is NC(N)=NCCCC(=O)C(=O)O.O=C=O. The molecule has 8 nitrogen and oxygen atoms in total. The fraction of sp³-hybridized carbons (Fsp3) is 0.429. The normalized spacial score (nSPS) is 7.73. The molecule has 0 heterocycles. The molecule has 0 saturated carbocycles. The van der Waals surface area contributed by atoms with E-state index in [-0.39, 0.29) is 25.1 Å². The van der Waals surface area contributed by atoms with Crippen molar-refractivity contribution in [3.05, 3.63) is 0 Å². The van der Waals surface area contributed by atoms with Gasteiger partial charge in [0.2, 0.25) is 5.78 Å². The molecule has 0 fully saturated rings. The Morgan fingerprint density at radius 1 is 1.27 bits per heavy atom. The van der Waals surface area contributed by atoms with Crippen LogP contribution < -0.4 is 11.5 Å². The second kappa shape index (κ2) is 9.87. The quantitative estimate of drug-likeness (QED) is 0.210. The molecule has 0 aromatic rings. The molecule has 0 unspecified atom stereocenters. The van der Waals surface area contributed by atoms with Crippen LogP contribution in [0, 0.1) is 0 Å². The zero-order valence-electron chi connectivity index (χ0n) is 7.80. The van der Waals surface area contributed by atoms with Crippen LogP contribution in [0.25, 0.3) is 0 Å². The topological polar surface area (TPSA) is 153 Å². The molecular weight excluding hydrogens is 206 g/mol. The smallest absolute Gasteiger partial charge is 0.373 e. The van der Waals surface area contributed by atoms with Gasteiger partial charge < -0.3 is 16.6 Å². The highest BCUT2D eigenvalue weighted by Gasteiger charge is 2.09. The summed E-state index contributed by atoms with van der Waals surface area (Å²) >= 11 is 0. The predicted molar refractivity (Wildman–Crippen MR) is 47.6 cm³/mol. The minimum Gasteiger partial charge on any atom is -0.476 e. The van der Waals surface area contributed by atoms with E-state index in [9.17, 15) is 9.59 Å².